The molecule has 0 bridgehead atoms. The van der Waals surface area contributed by atoms with E-state index in [4.69, 9.17) is 0 Å². The van der Waals surface area contributed by atoms with Crippen molar-refractivity contribution in [3.8, 4) is 0 Å². The molecule has 2 aromatic rings. The molecule has 4 atom stereocenters. The first-order chi connectivity index (χ1) is 15.8. The quantitative estimate of drug-likeness (QED) is 0.463. The van der Waals surface area contributed by atoms with Gasteiger partial charge >= 0.3 is 11.9 Å². The van der Waals surface area contributed by atoms with Gasteiger partial charge in [0.2, 0.25) is 5.91 Å². The van der Waals surface area contributed by atoms with Crippen molar-refractivity contribution in [1.29, 1.82) is 0 Å². The Balaban J connectivity index is 1.58. The lowest BCUT2D eigenvalue weighted by atomic mass is 10.0. The first-order valence-electron chi connectivity index (χ1n) is 11.1. The highest BCUT2D eigenvalue weighted by Crippen LogP contribution is 2.30. The predicted molar refractivity (Wildman–Crippen MR) is 128 cm³/mol. The van der Waals surface area contributed by atoms with Crippen molar-refractivity contribution in [1.82, 2.24) is 10.2 Å². The van der Waals surface area contributed by atoms with E-state index in [0.29, 0.717) is 25.8 Å². The summed E-state index contributed by atoms with van der Waals surface area (Å²) < 4.78 is 0. The fourth-order valence-electron chi connectivity index (χ4n) is 4.04. The molecule has 0 spiro atoms. The molecule has 0 aromatic heterocycles. The summed E-state index contributed by atoms with van der Waals surface area (Å²) in [5.74, 6) is -1.69. The number of rotatable bonds is 11. The van der Waals surface area contributed by atoms with Crippen LogP contribution in [0.5, 0.6) is 0 Å². The number of carboxylic acids is 2. The van der Waals surface area contributed by atoms with Crippen molar-refractivity contribution in [3.05, 3.63) is 71.8 Å². The second-order valence-corrected chi connectivity index (χ2v) is 9.59. The molecular weight excluding hydrogens is 440 g/mol. The van der Waals surface area contributed by atoms with E-state index in [1.165, 1.54) is 4.90 Å². The summed E-state index contributed by atoms with van der Waals surface area (Å²) in [5.41, 5.74) is 2.17. The van der Waals surface area contributed by atoms with Gasteiger partial charge in [-0.05, 0) is 37.3 Å². The van der Waals surface area contributed by atoms with E-state index >= 15 is 0 Å². The predicted octanol–water partition coefficient (Wildman–Crippen LogP) is 3.04. The van der Waals surface area contributed by atoms with E-state index in [1.54, 1.807) is 18.7 Å². The zero-order chi connectivity index (χ0) is 23.8. The van der Waals surface area contributed by atoms with E-state index in [9.17, 15) is 24.6 Å². The fraction of sp³-hybridized carbons (Fsp3) is 0.400. The minimum Gasteiger partial charge on any atom is -0.480 e. The summed E-state index contributed by atoms with van der Waals surface area (Å²) >= 11 is 1.64. The summed E-state index contributed by atoms with van der Waals surface area (Å²) in [6, 6.07) is 16.9. The number of nitrogens with zero attached hydrogens (tertiary/aromatic N) is 1. The van der Waals surface area contributed by atoms with Gasteiger partial charge in [0.15, 0.2) is 0 Å². The van der Waals surface area contributed by atoms with Gasteiger partial charge in [0.1, 0.15) is 12.1 Å². The van der Waals surface area contributed by atoms with E-state index in [2.05, 4.69) is 5.32 Å². The third-order valence-corrected chi connectivity index (χ3v) is 7.16. The van der Waals surface area contributed by atoms with Crippen LogP contribution in [0.2, 0.25) is 0 Å². The number of thioether (sulfide) groups is 1. The lowest BCUT2D eigenvalue weighted by molar-refractivity contribution is -0.149. The molecule has 33 heavy (non-hydrogen) atoms. The maximum atomic E-state index is 13.1. The number of hydrogen-bond donors (Lipinski definition) is 3. The van der Waals surface area contributed by atoms with E-state index in [1.807, 2.05) is 60.7 Å². The third-order valence-electron chi connectivity index (χ3n) is 5.84. The van der Waals surface area contributed by atoms with Crippen LogP contribution in [0, 0.1) is 0 Å². The van der Waals surface area contributed by atoms with Crippen LogP contribution in [0.25, 0.3) is 0 Å². The number of aliphatic carboxylic acids is 2. The number of likely N-dealkylation sites (tertiary alicyclic amines) is 1. The number of carbonyl (C=O) groups excluding carboxylic acids is 1. The molecule has 8 heteroatoms. The Morgan fingerprint density at radius 1 is 1.03 bits per heavy atom. The first-order valence-corrected chi connectivity index (χ1v) is 12.1. The Morgan fingerprint density at radius 3 is 2.21 bits per heavy atom. The largest absolute Gasteiger partial charge is 0.480 e. The lowest BCUT2D eigenvalue weighted by Gasteiger charge is -2.27. The smallest absolute Gasteiger partial charge is 0.326 e. The maximum Gasteiger partial charge on any atom is 0.326 e. The summed E-state index contributed by atoms with van der Waals surface area (Å²) in [4.78, 5) is 38.1. The van der Waals surface area contributed by atoms with Gasteiger partial charge in [-0.15, -0.1) is 0 Å². The van der Waals surface area contributed by atoms with Crippen molar-refractivity contribution in [2.45, 2.75) is 55.3 Å². The number of hydrogen-bond acceptors (Lipinski definition) is 5. The number of benzene rings is 2. The van der Waals surface area contributed by atoms with Gasteiger partial charge in [-0.25, -0.2) is 4.79 Å². The van der Waals surface area contributed by atoms with Crippen LogP contribution in [-0.4, -0.2) is 62.9 Å². The van der Waals surface area contributed by atoms with E-state index < -0.39 is 30.1 Å². The Bertz CT molecular complexity index is 940. The second-order valence-electron chi connectivity index (χ2n) is 8.30. The molecule has 2 aromatic carbocycles. The van der Waals surface area contributed by atoms with Gasteiger partial charge in [0, 0.05) is 17.5 Å². The highest BCUT2D eigenvalue weighted by molar-refractivity contribution is 7.99. The molecule has 0 saturated carbocycles. The normalized spacial score (nSPS) is 19.7. The van der Waals surface area contributed by atoms with Crippen LogP contribution < -0.4 is 5.32 Å². The first kappa shape index (κ1) is 24.8. The fourth-order valence-corrected chi connectivity index (χ4v) is 5.24. The molecule has 1 saturated heterocycles. The Labute approximate surface area is 198 Å². The highest BCUT2D eigenvalue weighted by Gasteiger charge is 2.41. The highest BCUT2D eigenvalue weighted by atomic mass is 32.2. The van der Waals surface area contributed by atoms with Crippen LogP contribution in [0.15, 0.2) is 60.7 Å². The number of carboxylic acid groups (broad SMARTS) is 2. The molecule has 7 nitrogen and oxygen atoms in total. The van der Waals surface area contributed by atoms with Gasteiger partial charge in [-0.2, -0.15) is 11.8 Å². The summed E-state index contributed by atoms with van der Waals surface area (Å²) in [5, 5.41) is 22.2. The van der Waals surface area contributed by atoms with Crippen molar-refractivity contribution < 1.29 is 24.6 Å². The van der Waals surface area contributed by atoms with Crippen LogP contribution >= 0.6 is 11.8 Å². The molecule has 176 valence electrons. The lowest BCUT2D eigenvalue weighted by Crippen LogP contribution is -2.53. The number of carbonyl (C=O) groups is 3. The summed E-state index contributed by atoms with van der Waals surface area (Å²) in [6.07, 6.45) is 1.27. The number of nitrogens with one attached hydrogen (secondary N) is 1. The molecule has 1 aliphatic heterocycles. The van der Waals surface area contributed by atoms with E-state index in [-0.39, 0.29) is 11.2 Å². The average Bonchev–Trinajstić information content (AvgIpc) is 3.25. The molecular formula is C25H30N2O5S. The topological polar surface area (TPSA) is 107 Å². The molecule has 1 heterocycles. The molecule has 1 aliphatic rings. The number of amides is 1. The molecule has 1 unspecified atom stereocenters. The van der Waals surface area contributed by atoms with Gasteiger partial charge in [-0.1, -0.05) is 60.7 Å². The SMILES string of the molecule is C[C@H](N[C@@H](CCc1ccccc1)C(=O)O)C(=O)N1CC(SCc2ccccc2)C[C@H]1C(=O)O. The van der Waals surface area contributed by atoms with E-state index in [0.717, 1.165) is 16.9 Å². The van der Waals surface area contributed by atoms with Crippen molar-refractivity contribution >= 4 is 29.6 Å². The Hall–Kier alpha value is -2.84. The maximum absolute atomic E-state index is 13.1. The van der Waals surface area contributed by atoms with Gasteiger partial charge in [0.25, 0.3) is 0 Å². The summed E-state index contributed by atoms with van der Waals surface area (Å²) in [6.45, 7) is 1.94. The van der Waals surface area contributed by atoms with Gasteiger partial charge in [0.05, 0.1) is 6.04 Å². The van der Waals surface area contributed by atoms with Crippen LogP contribution in [0.4, 0.5) is 0 Å². The Morgan fingerprint density at radius 2 is 1.64 bits per heavy atom. The van der Waals surface area contributed by atoms with Gasteiger partial charge in [-0.3, -0.25) is 14.9 Å². The Kier molecular flexibility index (Phi) is 8.91. The standard InChI is InChI=1S/C25H30N2O5S/c1-17(26-21(24(29)30)13-12-18-8-4-2-5-9-18)23(28)27-15-20(14-22(27)25(31)32)33-16-19-10-6-3-7-11-19/h2-11,17,20-22,26H,12-16H2,1H3,(H,29,30)(H,31,32)/t17-,20?,21-,22-/m0/s1. The summed E-state index contributed by atoms with van der Waals surface area (Å²) in [7, 11) is 0. The van der Waals surface area contributed by atoms with Crippen LogP contribution in [0.1, 0.15) is 30.9 Å². The third kappa shape index (κ3) is 7.07. The van der Waals surface area contributed by atoms with Gasteiger partial charge < -0.3 is 15.1 Å². The molecule has 3 N–H and O–H groups in total. The monoisotopic (exact) mass is 470 g/mol. The minimum absolute atomic E-state index is 0.0100. The second kappa shape index (κ2) is 11.9. The average molecular weight is 471 g/mol. The van der Waals surface area contributed by atoms with Crippen molar-refractivity contribution in [2.75, 3.05) is 6.54 Å². The van der Waals surface area contributed by atoms with Crippen molar-refractivity contribution in [2.24, 2.45) is 0 Å². The molecule has 0 aliphatic carbocycles. The molecule has 0 radical (unpaired) electrons. The number of aryl methyl sites for hydroxylation is 1. The zero-order valence-electron chi connectivity index (χ0n) is 18.6. The van der Waals surface area contributed by atoms with Crippen LogP contribution in [-0.2, 0) is 26.6 Å². The molecule has 3 rings (SSSR count). The van der Waals surface area contributed by atoms with Crippen LogP contribution in [0.3, 0.4) is 0 Å². The zero-order valence-corrected chi connectivity index (χ0v) is 19.4. The van der Waals surface area contributed by atoms with Crippen molar-refractivity contribution in [3.63, 3.8) is 0 Å². The molecule has 1 amide bonds. The molecule has 1 fully saturated rings. The minimum atomic E-state index is -1.03.